The van der Waals surface area contributed by atoms with Gasteiger partial charge in [-0.2, -0.15) is 0 Å². The monoisotopic (exact) mass is 248 g/mol. The van der Waals surface area contributed by atoms with Gasteiger partial charge >= 0.3 is 0 Å². The van der Waals surface area contributed by atoms with E-state index < -0.39 is 9.84 Å². The van der Waals surface area contributed by atoms with E-state index in [1.807, 2.05) is 13.8 Å². The molecule has 1 aliphatic rings. The number of rotatable bonds is 4. The number of nitrogens with one attached hydrogen (secondary N) is 1. The van der Waals surface area contributed by atoms with Crippen molar-refractivity contribution in [3.05, 3.63) is 0 Å². The molecule has 5 nitrogen and oxygen atoms in total. The van der Waals surface area contributed by atoms with Gasteiger partial charge in [0, 0.05) is 12.1 Å². The van der Waals surface area contributed by atoms with Crippen LogP contribution in [0.15, 0.2) is 0 Å². The molecule has 1 rings (SSSR count). The maximum atomic E-state index is 11.7. The van der Waals surface area contributed by atoms with Gasteiger partial charge in [0.15, 0.2) is 9.84 Å². The highest BCUT2D eigenvalue weighted by Gasteiger charge is 2.33. The quantitative estimate of drug-likeness (QED) is 0.712. The van der Waals surface area contributed by atoms with Crippen molar-refractivity contribution < 1.29 is 13.2 Å². The Morgan fingerprint density at radius 3 is 2.56 bits per heavy atom. The first-order valence-corrected chi connectivity index (χ1v) is 7.38. The van der Waals surface area contributed by atoms with Gasteiger partial charge in [-0.3, -0.25) is 4.79 Å². The topological polar surface area (TPSA) is 89.3 Å². The Morgan fingerprint density at radius 2 is 2.12 bits per heavy atom. The summed E-state index contributed by atoms with van der Waals surface area (Å²) in [5.74, 6) is -0.411. The molecule has 0 bridgehead atoms. The second-order valence-electron chi connectivity index (χ2n) is 4.72. The summed E-state index contributed by atoms with van der Waals surface area (Å²) in [4.78, 5) is 11.7. The highest BCUT2D eigenvalue weighted by Crippen LogP contribution is 2.18. The third-order valence-electron chi connectivity index (χ3n) is 2.72. The molecule has 1 fully saturated rings. The number of hydrogen-bond donors (Lipinski definition) is 2. The van der Waals surface area contributed by atoms with E-state index >= 15 is 0 Å². The lowest BCUT2D eigenvalue weighted by atomic mass is 10.1. The normalized spacial score (nSPS) is 27.3. The van der Waals surface area contributed by atoms with Crippen LogP contribution < -0.4 is 11.1 Å². The molecule has 0 aromatic heterocycles. The minimum absolute atomic E-state index is 0.00389. The molecule has 3 unspecified atom stereocenters. The molecule has 0 saturated carbocycles. The first kappa shape index (κ1) is 13.4. The molecule has 1 aliphatic heterocycles. The highest BCUT2D eigenvalue weighted by atomic mass is 32.2. The number of hydrogen-bond acceptors (Lipinski definition) is 4. The molecule has 6 heteroatoms. The van der Waals surface area contributed by atoms with Crippen molar-refractivity contribution >= 4 is 15.7 Å². The van der Waals surface area contributed by atoms with E-state index in [1.54, 1.807) is 0 Å². The number of carbonyl (C=O) groups excluding carboxylic acids is 1. The molecule has 1 heterocycles. The van der Waals surface area contributed by atoms with E-state index in [0.29, 0.717) is 12.8 Å². The van der Waals surface area contributed by atoms with Crippen LogP contribution in [0.5, 0.6) is 0 Å². The van der Waals surface area contributed by atoms with Crippen LogP contribution in [0.25, 0.3) is 0 Å². The Balaban J connectivity index is 2.42. The fourth-order valence-corrected chi connectivity index (χ4v) is 3.72. The lowest BCUT2D eigenvalue weighted by Crippen LogP contribution is -2.40. The lowest BCUT2D eigenvalue weighted by molar-refractivity contribution is -0.124. The Kier molecular flexibility index (Phi) is 4.32. The number of amides is 1. The van der Waals surface area contributed by atoms with Crippen LogP contribution in [0.3, 0.4) is 0 Å². The average Bonchev–Trinajstić information content (AvgIpc) is 2.44. The molecule has 1 amide bonds. The third kappa shape index (κ3) is 4.09. The van der Waals surface area contributed by atoms with Crippen LogP contribution in [0.2, 0.25) is 0 Å². The highest BCUT2D eigenvalue weighted by molar-refractivity contribution is 7.91. The minimum Gasteiger partial charge on any atom is -0.353 e. The van der Waals surface area contributed by atoms with E-state index in [4.69, 9.17) is 5.73 Å². The van der Waals surface area contributed by atoms with Crippen molar-refractivity contribution in [1.29, 1.82) is 0 Å². The third-order valence-corrected chi connectivity index (χ3v) is 4.49. The summed E-state index contributed by atoms with van der Waals surface area (Å²) in [5.41, 5.74) is 5.62. The Hall–Kier alpha value is -0.620. The van der Waals surface area contributed by atoms with Gasteiger partial charge in [-0.15, -0.1) is 0 Å². The molecular formula is C10H20N2O3S. The zero-order chi connectivity index (χ0) is 12.3. The maximum Gasteiger partial charge on any atom is 0.224 e. The average molecular weight is 248 g/mol. The Morgan fingerprint density at radius 1 is 1.50 bits per heavy atom. The zero-order valence-electron chi connectivity index (χ0n) is 9.77. The zero-order valence-corrected chi connectivity index (χ0v) is 10.6. The lowest BCUT2D eigenvalue weighted by Gasteiger charge is -2.17. The predicted octanol–water partition coefficient (Wildman–Crippen LogP) is -0.337. The smallest absolute Gasteiger partial charge is 0.224 e. The molecule has 0 aromatic carbocycles. The number of carbonyl (C=O) groups is 1. The van der Waals surface area contributed by atoms with Crippen LogP contribution in [-0.2, 0) is 14.6 Å². The van der Waals surface area contributed by atoms with Crippen LogP contribution in [0.4, 0.5) is 0 Å². The van der Waals surface area contributed by atoms with Gasteiger partial charge in [0.25, 0.3) is 0 Å². The van der Waals surface area contributed by atoms with E-state index in [1.165, 1.54) is 0 Å². The summed E-state index contributed by atoms with van der Waals surface area (Å²) >= 11 is 0. The fourth-order valence-electron chi connectivity index (χ4n) is 1.98. The van der Waals surface area contributed by atoms with E-state index in [0.717, 1.165) is 0 Å². The summed E-state index contributed by atoms with van der Waals surface area (Å²) in [7, 11) is -2.98. The van der Waals surface area contributed by atoms with Crippen molar-refractivity contribution in [2.24, 2.45) is 11.7 Å². The van der Waals surface area contributed by atoms with Gasteiger partial charge in [0.1, 0.15) is 0 Å². The van der Waals surface area contributed by atoms with Crippen molar-refractivity contribution in [2.75, 3.05) is 11.5 Å². The van der Waals surface area contributed by atoms with Gasteiger partial charge in [-0.05, 0) is 26.7 Å². The molecular weight excluding hydrogens is 228 g/mol. The van der Waals surface area contributed by atoms with E-state index in [2.05, 4.69) is 5.32 Å². The molecule has 1 saturated heterocycles. The first-order chi connectivity index (χ1) is 7.30. The molecule has 0 spiro atoms. The first-order valence-electron chi connectivity index (χ1n) is 5.56. The maximum absolute atomic E-state index is 11.7. The standard InChI is InChI=1S/C10H20N2O3S/c1-7(11)5-8(2)12-10(13)9-3-4-16(14,15)6-9/h7-9H,3-6,11H2,1-2H3,(H,12,13). The van der Waals surface area contributed by atoms with Crippen molar-refractivity contribution in [3.63, 3.8) is 0 Å². The van der Waals surface area contributed by atoms with Gasteiger partial charge in [0.05, 0.1) is 17.4 Å². The Bertz CT molecular complexity index is 351. The molecule has 0 radical (unpaired) electrons. The van der Waals surface area contributed by atoms with Gasteiger partial charge < -0.3 is 11.1 Å². The second kappa shape index (κ2) is 5.14. The SMILES string of the molecule is CC(N)CC(C)NC(=O)C1CCS(=O)(=O)C1. The van der Waals surface area contributed by atoms with Crippen LogP contribution in [0.1, 0.15) is 26.7 Å². The van der Waals surface area contributed by atoms with E-state index in [9.17, 15) is 13.2 Å². The molecule has 0 aromatic rings. The number of nitrogens with two attached hydrogens (primary N) is 1. The summed E-state index contributed by atoms with van der Waals surface area (Å²) < 4.78 is 22.4. The van der Waals surface area contributed by atoms with Gasteiger partial charge in [-0.1, -0.05) is 0 Å². The molecule has 16 heavy (non-hydrogen) atoms. The fraction of sp³-hybridized carbons (Fsp3) is 0.900. The second-order valence-corrected chi connectivity index (χ2v) is 6.95. The van der Waals surface area contributed by atoms with Crippen LogP contribution >= 0.6 is 0 Å². The number of sulfone groups is 1. The van der Waals surface area contributed by atoms with Crippen molar-refractivity contribution in [1.82, 2.24) is 5.32 Å². The van der Waals surface area contributed by atoms with Gasteiger partial charge in [0.2, 0.25) is 5.91 Å². The van der Waals surface area contributed by atoms with E-state index in [-0.39, 0.29) is 35.4 Å². The molecule has 3 N–H and O–H groups in total. The van der Waals surface area contributed by atoms with Gasteiger partial charge in [-0.25, -0.2) is 8.42 Å². The summed E-state index contributed by atoms with van der Waals surface area (Å²) in [6.45, 7) is 3.76. The predicted molar refractivity (Wildman–Crippen MR) is 62.6 cm³/mol. The summed E-state index contributed by atoms with van der Waals surface area (Å²) in [6, 6.07) is 0.0263. The summed E-state index contributed by atoms with van der Waals surface area (Å²) in [5, 5.41) is 2.81. The van der Waals surface area contributed by atoms with Crippen molar-refractivity contribution in [3.8, 4) is 0 Å². The van der Waals surface area contributed by atoms with Crippen LogP contribution in [-0.4, -0.2) is 37.9 Å². The minimum atomic E-state index is -2.98. The van der Waals surface area contributed by atoms with Crippen LogP contribution in [0, 0.1) is 5.92 Å². The molecule has 0 aliphatic carbocycles. The largest absolute Gasteiger partial charge is 0.353 e. The Labute approximate surface area is 96.7 Å². The summed E-state index contributed by atoms with van der Waals surface area (Å²) in [6.07, 6.45) is 1.14. The molecule has 94 valence electrons. The molecule has 3 atom stereocenters. The van der Waals surface area contributed by atoms with Crippen molar-refractivity contribution in [2.45, 2.75) is 38.8 Å².